The van der Waals surface area contributed by atoms with Crippen LogP contribution in [0.4, 0.5) is 11.6 Å². The van der Waals surface area contributed by atoms with Crippen molar-refractivity contribution < 1.29 is 0 Å². The highest BCUT2D eigenvalue weighted by Gasteiger charge is 2.15. The average Bonchev–Trinajstić information content (AvgIpc) is 2.85. The van der Waals surface area contributed by atoms with E-state index in [1.54, 1.807) is 0 Å². The maximum absolute atomic E-state index is 4.46. The second-order valence-corrected chi connectivity index (χ2v) is 4.28. The lowest BCUT2D eigenvalue weighted by Gasteiger charge is -2.10. The molecule has 2 aromatic rings. The Kier molecular flexibility index (Phi) is 2.76. The van der Waals surface area contributed by atoms with Crippen LogP contribution < -0.4 is 5.32 Å². The molecule has 0 radical (unpaired) electrons. The van der Waals surface area contributed by atoms with Gasteiger partial charge in [-0.3, -0.25) is 0 Å². The maximum Gasteiger partial charge on any atom is 0.160 e. The number of rotatable bonds is 3. The first-order chi connectivity index (χ1) is 8.83. The van der Waals surface area contributed by atoms with Gasteiger partial charge >= 0.3 is 0 Å². The standard InChI is InChI=1S/C14H14N4/c1-10-17-13-12(7-8-15-13)14(18-10)16-9-11-5-3-2-4-6-11/h2-6,8H,7,9H2,1H3,(H,16,17,18). The average molecular weight is 238 g/mol. The monoisotopic (exact) mass is 238 g/mol. The first-order valence-corrected chi connectivity index (χ1v) is 6.01. The van der Waals surface area contributed by atoms with E-state index >= 15 is 0 Å². The summed E-state index contributed by atoms with van der Waals surface area (Å²) in [6, 6.07) is 10.3. The molecule has 4 nitrogen and oxygen atoms in total. The summed E-state index contributed by atoms with van der Waals surface area (Å²) in [5.74, 6) is 2.46. The number of aryl methyl sites for hydroxylation is 1. The van der Waals surface area contributed by atoms with Gasteiger partial charge in [-0.25, -0.2) is 15.0 Å². The van der Waals surface area contributed by atoms with Crippen LogP contribution in [0.2, 0.25) is 0 Å². The number of hydrogen-bond acceptors (Lipinski definition) is 4. The molecule has 0 spiro atoms. The van der Waals surface area contributed by atoms with Gasteiger partial charge < -0.3 is 5.32 Å². The van der Waals surface area contributed by atoms with Crippen LogP contribution in [0.15, 0.2) is 35.3 Å². The van der Waals surface area contributed by atoms with Gasteiger partial charge in [0.25, 0.3) is 0 Å². The van der Waals surface area contributed by atoms with E-state index in [1.165, 1.54) is 5.56 Å². The van der Waals surface area contributed by atoms with Gasteiger partial charge in [0, 0.05) is 24.7 Å². The summed E-state index contributed by atoms with van der Waals surface area (Å²) in [4.78, 5) is 13.0. The molecule has 1 aliphatic rings. The summed E-state index contributed by atoms with van der Waals surface area (Å²) in [6.07, 6.45) is 2.69. The topological polar surface area (TPSA) is 50.2 Å². The maximum atomic E-state index is 4.46. The van der Waals surface area contributed by atoms with Gasteiger partial charge in [0.15, 0.2) is 5.82 Å². The molecule has 0 amide bonds. The van der Waals surface area contributed by atoms with Gasteiger partial charge in [0.05, 0.1) is 0 Å². The fourth-order valence-electron chi connectivity index (χ4n) is 2.03. The number of benzene rings is 1. The van der Waals surface area contributed by atoms with Crippen molar-refractivity contribution in [1.82, 2.24) is 9.97 Å². The molecule has 1 aromatic heterocycles. The number of aliphatic imine (C=N–C) groups is 1. The highest BCUT2D eigenvalue weighted by molar-refractivity contribution is 5.77. The van der Waals surface area contributed by atoms with Crippen molar-refractivity contribution in [3.05, 3.63) is 47.3 Å². The van der Waals surface area contributed by atoms with Gasteiger partial charge in [-0.1, -0.05) is 30.3 Å². The van der Waals surface area contributed by atoms with Gasteiger partial charge in [-0.2, -0.15) is 0 Å². The second kappa shape index (κ2) is 4.56. The smallest absolute Gasteiger partial charge is 0.160 e. The Hall–Kier alpha value is -2.23. The normalized spacial score (nSPS) is 12.5. The minimum Gasteiger partial charge on any atom is -0.366 e. The van der Waals surface area contributed by atoms with Gasteiger partial charge in [0.1, 0.15) is 11.6 Å². The first-order valence-electron chi connectivity index (χ1n) is 6.01. The molecule has 1 aromatic carbocycles. The number of nitrogens with one attached hydrogen (secondary N) is 1. The summed E-state index contributed by atoms with van der Waals surface area (Å²) < 4.78 is 0. The summed E-state index contributed by atoms with van der Waals surface area (Å²) in [7, 11) is 0. The van der Waals surface area contributed by atoms with Crippen LogP contribution in [0.3, 0.4) is 0 Å². The Labute approximate surface area is 106 Å². The Morgan fingerprint density at radius 2 is 2.00 bits per heavy atom. The third kappa shape index (κ3) is 2.09. The van der Waals surface area contributed by atoms with Crippen molar-refractivity contribution in [2.75, 3.05) is 5.32 Å². The summed E-state index contributed by atoms with van der Waals surface area (Å²) in [6.45, 7) is 2.66. The zero-order chi connectivity index (χ0) is 12.4. The SMILES string of the molecule is Cc1nc2c(c(NCc3ccccc3)n1)CC=N2. The molecule has 0 fully saturated rings. The number of aromatic nitrogens is 2. The van der Waals surface area contributed by atoms with Crippen LogP contribution in [0.5, 0.6) is 0 Å². The van der Waals surface area contributed by atoms with Crippen molar-refractivity contribution in [3.8, 4) is 0 Å². The highest BCUT2D eigenvalue weighted by atomic mass is 15.1. The van der Waals surface area contributed by atoms with E-state index in [0.29, 0.717) is 0 Å². The number of hydrogen-bond donors (Lipinski definition) is 1. The molecular formula is C14H14N4. The quantitative estimate of drug-likeness (QED) is 0.894. The van der Waals surface area contributed by atoms with Crippen molar-refractivity contribution in [2.24, 2.45) is 4.99 Å². The highest BCUT2D eigenvalue weighted by Crippen LogP contribution is 2.27. The van der Waals surface area contributed by atoms with Crippen LogP contribution in [0, 0.1) is 6.92 Å². The lowest BCUT2D eigenvalue weighted by Crippen LogP contribution is -2.06. The lowest BCUT2D eigenvalue weighted by molar-refractivity contribution is 1.00. The predicted octanol–water partition coefficient (Wildman–Crippen LogP) is 2.66. The van der Waals surface area contributed by atoms with Crippen molar-refractivity contribution in [3.63, 3.8) is 0 Å². The summed E-state index contributed by atoms with van der Waals surface area (Å²) >= 11 is 0. The van der Waals surface area contributed by atoms with Gasteiger partial charge in [-0.05, 0) is 12.5 Å². The summed E-state index contributed by atoms with van der Waals surface area (Å²) in [5, 5.41) is 3.37. The molecule has 0 bridgehead atoms. The fourth-order valence-corrected chi connectivity index (χ4v) is 2.03. The van der Waals surface area contributed by atoms with E-state index in [4.69, 9.17) is 0 Å². The van der Waals surface area contributed by atoms with E-state index in [9.17, 15) is 0 Å². The van der Waals surface area contributed by atoms with Crippen LogP contribution in [0.25, 0.3) is 0 Å². The van der Waals surface area contributed by atoms with Crippen LogP contribution >= 0.6 is 0 Å². The zero-order valence-electron chi connectivity index (χ0n) is 10.2. The summed E-state index contributed by atoms with van der Waals surface area (Å²) in [5.41, 5.74) is 2.33. The van der Waals surface area contributed by atoms with E-state index in [2.05, 4.69) is 32.4 Å². The fraction of sp³-hybridized carbons (Fsp3) is 0.214. The molecule has 0 aliphatic carbocycles. The Balaban J connectivity index is 1.82. The molecule has 18 heavy (non-hydrogen) atoms. The van der Waals surface area contributed by atoms with Crippen molar-refractivity contribution in [1.29, 1.82) is 0 Å². The molecule has 4 heteroatoms. The first kappa shape index (κ1) is 10.9. The zero-order valence-corrected chi connectivity index (χ0v) is 10.2. The molecule has 0 atom stereocenters. The third-order valence-electron chi connectivity index (χ3n) is 2.91. The lowest BCUT2D eigenvalue weighted by atomic mass is 10.2. The molecule has 1 aliphatic heterocycles. The van der Waals surface area contributed by atoms with Crippen LogP contribution in [-0.2, 0) is 13.0 Å². The Morgan fingerprint density at radius 3 is 2.83 bits per heavy atom. The molecule has 0 saturated heterocycles. The molecule has 90 valence electrons. The Bertz CT molecular complexity index is 590. The largest absolute Gasteiger partial charge is 0.366 e. The number of nitrogens with zero attached hydrogens (tertiary/aromatic N) is 3. The van der Waals surface area contributed by atoms with Crippen molar-refractivity contribution in [2.45, 2.75) is 19.9 Å². The minimum absolute atomic E-state index is 0.753. The number of anilines is 1. The minimum atomic E-state index is 0.753. The molecule has 0 unspecified atom stereocenters. The van der Waals surface area contributed by atoms with E-state index in [1.807, 2.05) is 31.3 Å². The molecule has 0 saturated carbocycles. The van der Waals surface area contributed by atoms with Gasteiger partial charge in [0.2, 0.25) is 0 Å². The van der Waals surface area contributed by atoms with E-state index in [-0.39, 0.29) is 0 Å². The second-order valence-electron chi connectivity index (χ2n) is 4.28. The molecule has 1 N–H and O–H groups in total. The predicted molar refractivity (Wildman–Crippen MR) is 72.4 cm³/mol. The van der Waals surface area contributed by atoms with Crippen LogP contribution in [0.1, 0.15) is 17.0 Å². The third-order valence-corrected chi connectivity index (χ3v) is 2.91. The van der Waals surface area contributed by atoms with Crippen LogP contribution in [-0.4, -0.2) is 16.2 Å². The molecule has 3 rings (SSSR count). The number of fused-ring (bicyclic) bond motifs is 1. The molecule has 2 heterocycles. The van der Waals surface area contributed by atoms with Crippen molar-refractivity contribution >= 4 is 17.9 Å². The van der Waals surface area contributed by atoms with E-state index in [0.717, 1.165) is 36.0 Å². The molecular weight excluding hydrogens is 224 g/mol. The Morgan fingerprint density at radius 1 is 1.17 bits per heavy atom. The van der Waals surface area contributed by atoms with E-state index < -0.39 is 0 Å². The van der Waals surface area contributed by atoms with Gasteiger partial charge in [-0.15, -0.1) is 0 Å².